The summed E-state index contributed by atoms with van der Waals surface area (Å²) in [7, 11) is 3.17. The summed E-state index contributed by atoms with van der Waals surface area (Å²) >= 11 is 5.64. The third-order valence-electron chi connectivity index (χ3n) is 2.43. The van der Waals surface area contributed by atoms with Gasteiger partial charge in [0.15, 0.2) is 22.5 Å². The van der Waals surface area contributed by atoms with Gasteiger partial charge in [0.2, 0.25) is 0 Å². The number of nitrogens with zero attached hydrogens (tertiary/aromatic N) is 3. The lowest BCUT2D eigenvalue weighted by Gasteiger charge is -2.07. The van der Waals surface area contributed by atoms with Crippen molar-refractivity contribution in [2.45, 2.75) is 0 Å². The summed E-state index contributed by atoms with van der Waals surface area (Å²) in [6, 6.07) is 8.80. The van der Waals surface area contributed by atoms with Gasteiger partial charge in [-0.05, 0) is 35.9 Å². The second-order valence-corrected chi connectivity index (χ2v) is 4.11. The van der Waals surface area contributed by atoms with Crippen molar-refractivity contribution in [1.29, 1.82) is 0 Å². The van der Waals surface area contributed by atoms with Crippen LogP contribution in [-0.4, -0.2) is 30.6 Å². The van der Waals surface area contributed by atoms with E-state index in [9.17, 15) is 0 Å². The Morgan fingerprint density at radius 1 is 1.10 bits per heavy atom. The highest BCUT2D eigenvalue weighted by Gasteiger charge is 2.02. The molecule has 0 unspecified atom stereocenters. The fourth-order valence-corrected chi connectivity index (χ4v) is 1.58. The molecule has 0 saturated carbocycles. The maximum Gasteiger partial charge on any atom is 0.168 e. The van der Waals surface area contributed by atoms with Crippen LogP contribution in [0.25, 0.3) is 0 Å². The zero-order chi connectivity index (χ0) is 14.4. The van der Waals surface area contributed by atoms with Crippen molar-refractivity contribution in [3.05, 3.63) is 41.0 Å². The smallest absolute Gasteiger partial charge is 0.168 e. The molecule has 0 aliphatic heterocycles. The van der Waals surface area contributed by atoms with Gasteiger partial charge in [0, 0.05) is 0 Å². The summed E-state index contributed by atoms with van der Waals surface area (Å²) in [4.78, 5) is 0. The van der Waals surface area contributed by atoms with E-state index < -0.39 is 0 Å². The molecule has 0 atom stereocenters. The number of hydrogen-bond donors (Lipinski definition) is 1. The first-order valence-corrected chi connectivity index (χ1v) is 6.11. The number of rotatable bonds is 5. The van der Waals surface area contributed by atoms with Crippen molar-refractivity contribution in [2.24, 2.45) is 5.10 Å². The molecule has 0 radical (unpaired) electrons. The van der Waals surface area contributed by atoms with Gasteiger partial charge in [0.1, 0.15) is 0 Å². The normalized spacial score (nSPS) is 10.6. The second kappa shape index (κ2) is 6.72. The summed E-state index contributed by atoms with van der Waals surface area (Å²) < 4.78 is 10.4. The van der Waals surface area contributed by atoms with E-state index in [2.05, 4.69) is 20.7 Å². The van der Waals surface area contributed by atoms with Gasteiger partial charge >= 0.3 is 0 Å². The maximum absolute atomic E-state index is 5.64. The van der Waals surface area contributed by atoms with Crippen LogP contribution < -0.4 is 14.9 Å². The van der Waals surface area contributed by atoms with E-state index in [1.807, 2.05) is 18.2 Å². The molecule has 0 aliphatic rings. The standard InChI is InChI=1S/C13H13ClN4O2/c1-19-10-4-3-9(7-11(10)20-2)8-15-17-13-6-5-12(14)16-18-13/h3-8H,1-2H3,(H,17,18)/b15-8+. The Bertz CT molecular complexity index is 602. The van der Waals surface area contributed by atoms with E-state index in [1.54, 1.807) is 32.6 Å². The van der Waals surface area contributed by atoms with Crippen LogP contribution in [0.15, 0.2) is 35.4 Å². The lowest BCUT2D eigenvalue weighted by molar-refractivity contribution is 0.355. The minimum absolute atomic E-state index is 0.333. The van der Waals surface area contributed by atoms with E-state index in [-0.39, 0.29) is 0 Å². The van der Waals surface area contributed by atoms with Crippen LogP contribution in [0, 0.1) is 0 Å². The topological polar surface area (TPSA) is 68.6 Å². The average molecular weight is 293 g/mol. The van der Waals surface area contributed by atoms with Crippen LogP contribution in [0.5, 0.6) is 11.5 Å². The number of halogens is 1. The third kappa shape index (κ3) is 3.58. The summed E-state index contributed by atoms with van der Waals surface area (Å²) in [5, 5.41) is 11.9. The van der Waals surface area contributed by atoms with Crippen molar-refractivity contribution >= 4 is 23.6 Å². The van der Waals surface area contributed by atoms with Crippen LogP contribution in [0.1, 0.15) is 5.56 Å². The molecule has 1 heterocycles. The Morgan fingerprint density at radius 3 is 2.55 bits per heavy atom. The SMILES string of the molecule is COc1ccc(/C=N/Nc2ccc(Cl)nn2)cc1OC. The molecule has 0 fully saturated rings. The minimum atomic E-state index is 0.333. The first-order valence-electron chi connectivity index (χ1n) is 5.73. The molecule has 1 N–H and O–H groups in total. The molecular weight excluding hydrogens is 280 g/mol. The fraction of sp³-hybridized carbons (Fsp3) is 0.154. The maximum atomic E-state index is 5.64. The Hall–Kier alpha value is -2.34. The molecular formula is C13H13ClN4O2. The molecule has 0 saturated heterocycles. The van der Waals surface area contributed by atoms with Gasteiger partial charge in [-0.1, -0.05) is 11.6 Å². The molecule has 1 aromatic heterocycles. The zero-order valence-corrected chi connectivity index (χ0v) is 11.8. The molecule has 0 aliphatic carbocycles. The van der Waals surface area contributed by atoms with Crippen molar-refractivity contribution in [3.8, 4) is 11.5 Å². The molecule has 20 heavy (non-hydrogen) atoms. The minimum Gasteiger partial charge on any atom is -0.493 e. The summed E-state index contributed by atoms with van der Waals surface area (Å²) in [6.07, 6.45) is 1.64. The quantitative estimate of drug-likeness (QED) is 0.677. The molecule has 104 valence electrons. The summed E-state index contributed by atoms with van der Waals surface area (Å²) in [5.41, 5.74) is 3.61. The lowest BCUT2D eigenvalue weighted by atomic mass is 10.2. The highest BCUT2D eigenvalue weighted by molar-refractivity contribution is 6.29. The van der Waals surface area contributed by atoms with Gasteiger partial charge in [0.25, 0.3) is 0 Å². The van der Waals surface area contributed by atoms with Gasteiger partial charge in [-0.2, -0.15) is 5.10 Å². The number of methoxy groups -OCH3 is 2. The van der Waals surface area contributed by atoms with Gasteiger partial charge in [-0.3, -0.25) is 5.43 Å². The van der Waals surface area contributed by atoms with Crippen molar-refractivity contribution in [2.75, 3.05) is 19.6 Å². The molecule has 0 spiro atoms. The number of hydrazone groups is 1. The largest absolute Gasteiger partial charge is 0.493 e. The van der Waals surface area contributed by atoms with E-state index in [0.717, 1.165) is 5.56 Å². The van der Waals surface area contributed by atoms with Crippen LogP contribution >= 0.6 is 11.6 Å². The zero-order valence-electron chi connectivity index (χ0n) is 11.0. The Morgan fingerprint density at radius 2 is 1.90 bits per heavy atom. The van der Waals surface area contributed by atoms with Gasteiger partial charge in [-0.15, -0.1) is 10.2 Å². The average Bonchev–Trinajstić information content (AvgIpc) is 2.49. The monoisotopic (exact) mass is 292 g/mol. The molecule has 1 aromatic carbocycles. The van der Waals surface area contributed by atoms with Crippen molar-refractivity contribution in [1.82, 2.24) is 10.2 Å². The molecule has 0 bridgehead atoms. The van der Waals surface area contributed by atoms with Gasteiger partial charge in [-0.25, -0.2) is 0 Å². The first kappa shape index (κ1) is 14.1. The van der Waals surface area contributed by atoms with E-state index >= 15 is 0 Å². The molecule has 6 nitrogen and oxygen atoms in total. The fourth-order valence-electron chi connectivity index (χ4n) is 1.48. The molecule has 2 rings (SSSR count). The Labute approximate surface area is 121 Å². The summed E-state index contributed by atoms with van der Waals surface area (Å²) in [5.74, 6) is 1.81. The number of ether oxygens (including phenoxy) is 2. The number of anilines is 1. The molecule has 7 heteroatoms. The van der Waals surface area contributed by atoms with Crippen LogP contribution in [-0.2, 0) is 0 Å². The van der Waals surface area contributed by atoms with Crippen molar-refractivity contribution < 1.29 is 9.47 Å². The highest BCUT2D eigenvalue weighted by Crippen LogP contribution is 2.26. The second-order valence-electron chi connectivity index (χ2n) is 3.73. The van der Waals surface area contributed by atoms with Crippen LogP contribution in [0.2, 0.25) is 5.15 Å². The number of benzene rings is 1. The Kier molecular flexibility index (Phi) is 4.73. The molecule has 0 amide bonds. The van der Waals surface area contributed by atoms with Gasteiger partial charge in [0.05, 0.1) is 20.4 Å². The summed E-state index contributed by atoms with van der Waals surface area (Å²) in [6.45, 7) is 0. The van der Waals surface area contributed by atoms with E-state index in [4.69, 9.17) is 21.1 Å². The number of hydrogen-bond acceptors (Lipinski definition) is 6. The predicted molar refractivity (Wildman–Crippen MR) is 77.8 cm³/mol. The molecule has 2 aromatic rings. The van der Waals surface area contributed by atoms with Gasteiger partial charge < -0.3 is 9.47 Å². The number of nitrogens with one attached hydrogen (secondary N) is 1. The first-order chi connectivity index (χ1) is 9.72. The van der Waals surface area contributed by atoms with E-state index in [0.29, 0.717) is 22.5 Å². The lowest BCUT2D eigenvalue weighted by Crippen LogP contribution is -1.96. The van der Waals surface area contributed by atoms with Crippen LogP contribution in [0.4, 0.5) is 5.82 Å². The Balaban J connectivity index is 2.05. The highest BCUT2D eigenvalue weighted by atomic mass is 35.5. The third-order valence-corrected chi connectivity index (χ3v) is 2.63. The number of aromatic nitrogens is 2. The van der Waals surface area contributed by atoms with Crippen LogP contribution in [0.3, 0.4) is 0 Å². The van der Waals surface area contributed by atoms with Crippen molar-refractivity contribution in [3.63, 3.8) is 0 Å². The predicted octanol–water partition coefficient (Wildman–Crippen LogP) is 2.59. The van der Waals surface area contributed by atoms with E-state index in [1.165, 1.54) is 0 Å².